The topological polar surface area (TPSA) is 124 Å². The Morgan fingerprint density at radius 3 is 2.75 bits per heavy atom. The van der Waals surface area contributed by atoms with Gasteiger partial charge in [-0.25, -0.2) is 0 Å². The zero-order valence-electron chi connectivity index (χ0n) is 13.6. The van der Waals surface area contributed by atoms with Crippen LogP contribution >= 0.6 is 0 Å². The number of aromatic nitrogens is 3. The number of aryl methyl sites for hydroxylation is 1. The quantitative estimate of drug-likeness (QED) is 0.589. The molecular weight excluding hydrogens is 306 g/mol. The molecule has 0 bridgehead atoms. The van der Waals surface area contributed by atoms with Crippen molar-refractivity contribution in [2.45, 2.75) is 32.4 Å². The molecule has 1 aromatic heterocycles. The molecule has 1 saturated heterocycles. The zero-order valence-corrected chi connectivity index (χ0v) is 13.6. The van der Waals surface area contributed by atoms with E-state index < -0.39 is 0 Å². The van der Waals surface area contributed by atoms with E-state index in [9.17, 15) is 4.79 Å². The standard InChI is InChI=1S/C16H21N7O/c1-10-4-6-11(7-5-10)19-16-21-13(20-15(18)22-16)9-23-8-2-3-12(23)14(17)24/h4-7,12H,2-3,8-9H2,1H3,(H2,17,24)(H3,18,19,20,21,22)/p+1/t12-/m1/s1. The first-order valence-electron chi connectivity index (χ1n) is 7.99. The Hall–Kier alpha value is -2.74. The van der Waals surface area contributed by atoms with Gasteiger partial charge in [-0.05, 0) is 19.1 Å². The molecule has 0 spiro atoms. The first-order chi connectivity index (χ1) is 11.5. The second kappa shape index (κ2) is 6.79. The van der Waals surface area contributed by atoms with Crippen LogP contribution in [0.2, 0.25) is 0 Å². The van der Waals surface area contributed by atoms with Crippen LogP contribution in [0.1, 0.15) is 24.2 Å². The van der Waals surface area contributed by atoms with Crippen molar-refractivity contribution in [2.24, 2.45) is 5.73 Å². The molecule has 1 aromatic carbocycles. The van der Waals surface area contributed by atoms with E-state index in [1.54, 1.807) is 0 Å². The molecule has 2 atom stereocenters. The third kappa shape index (κ3) is 3.77. The molecule has 0 radical (unpaired) electrons. The molecule has 3 rings (SSSR count). The number of likely N-dealkylation sites (tertiary alicyclic amines) is 1. The monoisotopic (exact) mass is 328 g/mol. The van der Waals surface area contributed by atoms with Gasteiger partial charge in [0.15, 0.2) is 11.9 Å². The molecule has 1 amide bonds. The lowest BCUT2D eigenvalue weighted by atomic mass is 10.2. The smallest absolute Gasteiger partial charge is 0.275 e. The second-order valence-corrected chi connectivity index (χ2v) is 6.11. The number of hydrogen-bond donors (Lipinski definition) is 4. The van der Waals surface area contributed by atoms with Crippen LogP contribution in [0, 0.1) is 6.92 Å². The van der Waals surface area contributed by atoms with Gasteiger partial charge in [0.1, 0.15) is 6.54 Å². The molecule has 2 heterocycles. The van der Waals surface area contributed by atoms with E-state index in [0.29, 0.717) is 18.3 Å². The molecule has 0 aliphatic carbocycles. The molecule has 126 valence electrons. The van der Waals surface area contributed by atoms with Gasteiger partial charge in [0.05, 0.1) is 6.54 Å². The minimum Gasteiger partial charge on any atom is -0.368 e. The van der Waals surface area contributed by atoms with Gasteiger partial charge in [0, 0.05) is 18.5 Å². The van der Waals surface area contributed by atoms with Crippen LogP contribution in [0.4, 0.5) is 17.6 Å². The van der Waals surface area contributed by atoms with Crippen molar-refractivity contribution >= 4 is 23.5 Å². The Morgan fingerprint density at radius 1 is 1.29 bits per heavy atom. The Morgan fingerprint density at radius 2 is 2.04 bits per heavy atom. The SMILES string of the molecule is Cc1ccc(Nc2nc(N)nc(C[NH+]3CCC[C@@H]3C(N)=O)n2)cc1. The summed E-state index contributed by atoms with van der Waals surface area (Å²) in [6, 6.07) is 7.71. The number of nitrogens with zero attached hydrogens (tertiary/aromatic N) is 3. The van der Waals surface area contributed by atoms with Crippen LogP contribution < -0.4 is 21.7 Å². The van der Waals surface area contributed by atoms with E-state index in [2.05, 4.69) is 20.3 Å². The molecule has 2 aromatic rings. The van der Waals surface area contributed by atoms with E-state index in [0.717, 1.165) is 30.0 Å². The number of carbonyl (C=O) groups excluding carboxylic acids is 1. The Bertz CT molecular complexity index is 732. The molecular formula is C16H22N7O+. The number of hydrogen-bond acceptors (Lipinski definition) is 6. The number of amides is 1. The van der Waals surface area contributed by atoms with E-state index in [4.69, 9.17) is 11.5 Å². The number of quaternary nitrogens is 1. The fourth-order valence-electron chi connectivity index (χ4n) is 3.01. The molecule has 1 unspecified atom stereocenters. The lowest BCUT2D eigenvalue weighted by Crippen LogP contribution is -3.13. The van der Waals surface area contributed by atoms with E-state index >= 15 is 0 Å². The predicted molar refractivity (Wildman–Crippen MR) is 90.5 cm³/mol. The second-order valence-electron chi connectivity index (χ2n) is 6.11. The number of nitrogens with one attached hydrogen (secondary N) is 2. The van der Waals surface area contributed by atoms with E-state index in [1.165, 1.54) is 5.56 Å². The van der Waals surface area contributed by atoms with Crippen molar-refractivity contribution < 1.29 is 9.69 Å². The summed E-state index contributed by atoms with van der Waals surface area (Å²) in [6.07, 6.45) is 1.78. The summed E-state index contributed by atoms with van der Waals surface area (Å²) in [4.78, 5) is 25.3. The molecule has 8 heteroatoms. The Kier molecular flexibility index (Phi) is 4.57. The Balaban J connectivity index is 1.76. The average molecular weight is 328 g/mol. The number of rotatable bonds is 5. The van der Waals surface area contributed by atoms with Crippen LogP contribution in [0.5, 0.6) is 0 Å². The zero-order chi connectivity index (χ0) is 17.1. The first-order valence-corrected chi connectivity index (χ1v) is 7.99. The maximum absolute atomic E-state index is 11.5. The minimum atomic E-state index is -0.275. The number of primary amides is 1. The molecule has 1 aliphatic rings. The van der Waals surface area contributed by atoms with Crippen LogP contribution in [-0.4, -0.2) is 33.4 Å². The lowest BCUT2D eigenvalue weighted by Gasteiger charge is -2.18. The van der Waals surface area contributed by atoms with Crippen molar-refractivity contribution in [3.8, 4) is 0 Å². The molecule has 0 saturated carbocycles. The highest BCUT2D eigenvalue weighted by Gasteiger charge is 2.33. The highest BCUT2D eigenvalue weighted by Crippen LogP contribution is 2.14. The lowest BCUT2D eigenvalue weighted by molar-refractivity contribution is -0.917. The Labute approximate surface area is 140 Å². The fraction of sp³-hybridized carbons (Fsp3) is 0.375. The summed E-state index contributed by atoms with van der Waals surface area (Å²) < 4.78 is 0. The van der Waals surface area contributed by atoms with Crippen LogP contribution in [-0.2, 0) is 11.3 Å². The van der Waals surface area contributed by atoms with Gasteiger partial charge < -0.3 is 21.7 Å². The van der Waals surface area contributed by atoms with Gasteiger partial charge in [-0.1, -0.05) is 17.7 Å². The molecule has 24 heavy (non-hydrogen) atoms. The third-order valence-electron chi connectivity index (χ3n) is 4.22. The van der Waals surface area contributed by atoms with Gasteiger partial charge >= 0.3 is 0 Å². The summed E-state index contributed by atoms with van der Waals surface area (Å²) in [6.45, 7) is 3.40. The van der Waals surface area contributed by atoms with Crippen molar-refractivity contribution in [3.05, 3.63) is 35.7 Å². The van der Waals surface area contributed by atoms with E-state index in [-0.39, 0.29) is 17.9 Å². The summed E-state index contributed by atoms with van der Waals surface area (Å²) in [5, 5.41) is 3.13. The van der Waals surface area contributed by atoms with Crippen molar-refractivity contribution in [1.82, 2.24) is 15.0 Å². The fourth-order valence-corrected chi connectivity index (χ4v) is 3.01. The number of benzene rings is 1. The molecule has 8 nitrogen and oxygen atoms in total. The first kappa shape index (κ1) is 16.1. The summed E-state index contributed by atoms with van der Waals surface area (Å²) in [7, 11) is 0. The van der Waals surface area contributed by atoms with Crippen molar-refractivity contribution in [2.75, 3.05) is 17.6 Å². The molecule has 1 fully saturated rings. The minimum absolute atomic E-state index is 0.156. The largest absolute Gasteiger partial charge is 0.368 e. The molecule has 1 aliphatic heterocycles. The van der Waals surface area contributed by atoms with E-state index in [1.807, 2.05) is 31.2 Å². The van der Waals surface area contributed by atoms with Crippen LogP contribution in [0.3, 0.4) is 0 Å². The van der Waals surface area contributed by atoms with Gasteiger partial charge in [0.2, 0.25) is 11.9 Å². The van der Waals surface area contributed by atoms with Gasteiger partial charge in [-0.15, -0.1) is 0 Å². The van der Waals surface area contributed by atoms with Gasteiger partial charge in [-0.2, -0.15) is 15.0 Å². The predicted octanol–water partition coefficient (Wildman–Crippen LogP) is -0.462. The number of carbonyl (C=O) groups is 1. The summed E-state index contributed by atoms with van der Waals surface area (Å²) in [5.41, 5.74) is 13.3. The van der Waals surface area contributed by atoms with Gasteiger partial charge in [-0.3, -0.25) is 4.79 Å². The molecule has 6 N–H and O–H groups in total. The maximum atomic E-state index is 11.5. The highest BCUT2D eigenvalue weighted by atomic mass is 16.1. The number of nitrogen functional groups attached to an aromatic ring is 1. The van der Waals surface area contributed by atoms with Crippen LogP contribution in [0.15, 0.2) is 24.3 Å². The third-order valence-corrected chi connectivity index (χ3v) is 4.22. The van der Waals surface area contributed by atoms with Crippen LogP contribution in [0.25, 0.3) is 0 Å². The van der Waals surface area contributed by atoms with Crippen molar-refractivity contribution in [3.63, 3.8) is 0 Å². The number of anilines is 3. The van der Waals surface area contributed by atoms with Crippen molar-refractivity contribution in [1.29, 1.82) is 0 Å². The normalized spacial score (nSPS) is 20.0. The average Bonchev–Trinajstić information content (AvgIpc) is 2.97. The summed E-state index contributed by atoms with van der Waals surface area (Å²) in [5.74, 6) is 0.835. The maximum Gasteiger partial charge on any atom is 0.275 e. The highest BCUT2D eigenvalue weighted by molar-refractivity contribution is 5.78. The van der Waals surface area contributed by atoms with Gasteiger partial charge in [0.25, 0.3) is 5.91 Å². The summed E-state index contributed by atoms with van der Waals surface area (Å²) >= 11 is 0. The number of nitrogens with two attached hydrogens (primary N) is 2.